The van der Waals surface area contributed by atoms with Gasteiger partial charge in [0.25, 0.3) is 0 Å². The highest BCUT2D eigenvalue weighted by molar-refractivity contribution is 6.01. The van der Waals surface area contributed by atoms with E-state index in [1.54, 1.807) is 0 Å². The van der Waals surface area contributed by atoms with E-state index in [2.05, 4.69) is 4.74 Å². The molecule has 3 nitrogen and oxygen atoms in total. The van der Waals surface area contributed by atoms with Gasteiger partial charge in [0.1, 0.15) is 5.75 Å². The lowest BCUT2D eigenvalue weighted by atomic mass is 9.99. The molecule has 0 unspecified atom stereocenters. The third-order valence-electron chi connectivity index (χ3n) is 2.70. The van der Waals surface area contributed by atoms with Crippen molar-refractivity contribution in [3.8, 4) is 5.75 Å². The third kappa shape index (κ3) is 2.45. The number of phenolic OH excluding ortho intramolecular Hbond substituents is 1. The van der Waals surface area contributed by atoms with E-state index in [4.69, 9.17) is 0 Å². The first-order valence-corrected chi connectivity index (χ1v) is 5.94. The van der Waals surface area contributed by atoms with E-state index in [0.717, 1.165) is 16.3 Å². The van der Waals surface area contributed by atoms with Gasteiger partial charge >= 0.3 is 5.97 Å². The first kappa shape index (κ1) is 14.0. The van der Waals surface area contributed by atoms with Crippen molar-refractivity contribution in [2.75, 3.05) is 7.11 Å². The van der Waals surface area contributed by atoms with E-state index < -0.39 is 5.97 Å². The molecule has 0 atom stereocenters. The molecule has 2 aromatic rings. The average Bonchev–Trinajstić information content (AvgIpc) is 2.44. The van der Waals surface area contributed by atoms with Crippen molar-refractivity contribution in [2.45, 2.75) is 20.8 Å². The van der Waals surface area contributed by atoms with Crippen LogP contribution in [-0.4, -0.2) is 18.2 Å². The Hall–Kier alpha value is -2.03. The number of aryl methyl sites for hydroxylation is 1. The van der Waals surface area contributed by atoms with Gasteiger partial charge in [0.15, 0.2) is 0 Å². The molecule has 2 rings (SSSR count). The summed E-state index contributed by atoms with van der Waals surface area (Å²) in [5, 5.41) is 11.4. The van der Waals surface area contributed by atoms with Gasteiger partial charge in [-0.25, -0.2) is 4.79 Å². The summed E-state index contributed by atoms with van der Waals surface area (Å²) < 4.78 is 4.67. The van der Waals surface area contributed by atoms with E-state index in [0.29, 0.717) is 5.56 Å². The molecule has 0 spiro atoms. The topological polar surface area (TPSA) is 46.5 Å². The Morgan fingerprint density at radius 3 is 2.28 bits per heavy atom. The van der Waals surface area contributed by atoms with Crippen LogP contribution in [0.25, 0.3) is 10.8 Å². The molecule has 0 saturated heterocycles. The second-order valence-corrected chi connectivity index (χ2v) is 3.61. The van der Waals surface area contributed by atoms with E-state index in [1.165, 1.54) is 13.2 Å². The number of carbonyl (C=O) groups excluding carboxylic acids is 1. The van der Waals surface area contributed by atoms with Crippen molar-refractivity contribution in [3.63, 3.8) is 0 Å². The van der Waals surface area contributed by atoms with Gasteiger partial charge in [0.2, 0.25) is 0 Å². The quantitative estimate of drug-likeness (QED) is 0.781. The number of ether oxygens (including phenoxy) is 1. The first-order valence-electron chi connectivity index (χ1n) is 5.94. The lowest BCUT2D eigenvalue weighted by molar-refractivity contribution is 0.0599. The van der Waals surface area contributed by atoms with Gasteiger partial charge in [-0.2, -0.15) is 0 Å². The smallest absolute Gasteiger partial charge is 0.338 e. The van der Waals surface area contributed by atoms with E-state index >= 15 is 0 Å². The molecule has 96 valence electrons. The van der Waals surface area contributed by atoms with Crippen LogP contribution in [0.3, 0.4) is 0 Å². The minimum atomic E-state index is -0.432. The zero-order valence-electron chi connectivity index (χ0n) is 11.2. The molecule has 0 aliphatic heterocycles. The predicted octanol–water partition coefficient (Wildman–Crippen LogP) is 3.67. The van der Waals surface area contributed by atoms with Crippen LogP contribution in [0.5, 0.6) is 5.75 Å². The van der Waals surface area contributed by atoms with Crippen molar-refractivity contribution in [2.24, 2.45) is 0 Å². The SMILES string of the molecule is CC.COC(=O)c1cc(O)c2ccccc2c1C. The summed E-state index contributed by atoms with van der Waals surface area (Å²) in [6.07, 6.45) is 0. The molecule has 2 aromatic carbocycles. The number of aromatic hydroxyl groups is 1. The van der Waals surface area contributed by atoms with Crippen LogP contribution >= 0.6 is 0 Å². The molecule has 0 heterocycles. The number of benzene rings is 2. The van der Waals surface area contributed by atoms with Gasteiger partial charge in [-0.15, -0.1) is 0 Å². The molecular formula is C15H18O3. The number of rotatable bonds is 1. The van der Waals surface area contributed by atoms with E-state index in [-0.39, 0.29) is 5.75 Å². The molecule has 0 amide bonds. The average molecular weight is 246 g/mol. The number of esters is 1. The Morgan fingerprint density at radius 1 is 1.17 bits per heavy atom. The summed E-state index contributed by atoms with van der Waals surface area (Å²) >= 11 is 0. The molecule has 18 heavy (non-hydrogen) atoms. The molecule has 1 N–H and O–H groups in total. The molecule has 0 aliphatic carbocycles. The van der Waals surface area contributed by atoms with Crippen LogP contribution in [-0.2, 0) is 4.74 Å². The number of fused-ring (bicyclic) bond motifs is 1. The van der Waals surface area contributed by atoms with Crippen molar-refractivity contribution < 1.29 is 14.6 Å². The molecular weight excluding hydrogens is 228 g/mol. The van der Waals surface area contributed by atoms with Crippen molar-refractivity contribution >= 4 is 16.7 Å². The summed E-state index contributed by atoms with van der Waals surface area (Å²) in [6.45, 7) is 5.84. The van der Waals surface area contributed by atoms with E-state index in [9.17, 15) is 9.90 Å². The fraction of sp³-hybridized carbons (Fsp3) is 0.267. The zero-order chi connectivity index (χ0) is 13.7. The fourth-order valence-electron chi connectivity index (χ4n) is 1.82. The first-order chi connectivity index (χ1) is 8.65. The molecule has 0 fully saturated rings. The van der Waals surface area contributed by atoms with Gasteiger partial charge in [0.05, 0.1) is 12.7 Å². The van der Waals surface area contributed by atoms with Gasteiger partial charge in [-0.05, 0) is 23.9 Å². The number of methoxy groups -OCH3 is 1. The second kappa shape index (κ2) is 6.05. The highest BCUT2D eigenvalue weighted by Crippen LogP contribution is 2.30. The Morgan fingerprint density at radius 2 is 1.72 bits per heavy atom. The van der Waals surface area contributed by atoms with E-state index in [1.807, 2.05) is 45.0 Å². The monoisotopic (exact) mass is 246 g/mol. The summed E-state index contributed by atoms with van der Waals surface area (Å²) in [5.41, 5.74) is 1.22. The number of phenols is 1. The largest absolute Gasteiger partial charge is 0.507 e. The van der Waals surface area contributed by atoms with Crippen molar-refractivity contribution in [1.29, 1.82) is 0 Å². The van der Waals surface area contributed by atoms with Crippen LogP contribution in [0.2, 0.25) is 0 Å². The highest BCUT2D eigenvalue weighted by Gasteiger charge is 2.14. The Labute approximate surface area is 107 Å². The van der Waals surface area contributed by atoms with Crippen LogP contribution < -0.4 is 0 Å². The molecule has 3 heteroatoms. The normalized spacial score (nSPS) is 9.56. The summed E-state index contributed by atoms with van der Waals surface area (Å²) in [4.78, 5) is 11.5. The molecule has 0 aliphatic rings. The van der Waals surface area contributed by atoms with Crippen LogP contribution in [0.1, 0.15) is 29.8 Å². The standard InChI is InChI=1S/C13H12O3.C2H6/c1-8-9-5-3-4-6-10(9)12(14)7-11(8)13(15)16-2;1-2/h3-7,14H,1-2H3;1-2H3. The third-order valence-corrected chi connectivity index (χ3v) is 2.70. The Bertz CT molecular complexity index is 559. The number of hydrogen-bond donors (Lipinski definition) is 1. The summed E-state index contributed by atoms with van der Waals surface area (Å²) in [7, 11) is 1.33. The van der Waals surface area contributed by atoms with Crippen LogP contribution in [0.4, 0.5) is 0 Å². The Balaban J connectivity index is 0.000000771. The lowest BCUT2D eigenvalue weighted by Crippen LogP contribution is -2.04. The van der Waals surface area contributed by atoms with Gasteiger partial charge in [0, 0.05) is 5.39 Å². The zero-order valence-corrected chi connectivity index (χ0v) is 11.2. The van der Waals surface area contributed by atoms with Crippen molar-refractivity contribution in [3.05, 3.63) is 41.5 Å². The summed E-state index contributed by atoms with van der Waals surface area (Å²) in [6, 6.07) is 8.86. The maximum absolute atomic E-state index is 11.5. The fourth-order valence-corrected chi connectivity index (χ4v) is 1.82. The predicted molar refractivity (Wildman–Crippen MR) is 73.0 cm³/mol. The maximum Gasteiger partial charge on any atom is 0.338 e. The van der Waals surface area contributed by atoms with Crippen LogP contribution in [0, 0.1) is 6.92 Å². The lowest BCUT2D eigenvalue weighted by Gasteiger charge is -2.09. The van der Waals surface area contributed by atoms with Gasteiger partial charge in [-0.3, -0.25) is 0 Å². The van der Waals surface area contributed by atoms with Gasteiger partial charge < -0.3 is 9.84 Å². The molecule has 0 saturated carbocycles. The van der Waals surface area contributed by atoms with Gasteiger partial charge in [-0.1, -0.05) is 38.1 Å². The molecule has 0 bridgehead atoms. The number of carbonyl (C=O) groups is 1. The van der Waals surface area contributed by atoms with Crippen molar-refractivity contribution in [1.82, 2.24) is 0 Å². The van der Waals surface area contributed by atoms with Crippen LogP contribution in [0.15, 0.2) is 30.3 Å². The maximum atomic E-state index is 11.5. The molecule has 0 radical (unpaired) electrons. The minimum absolute atomic E-state index is 0.0987. The minimum Gasteiger partial charge on any atom is -0.507 e. The highest BCUT2D eigenvalue weighted by atomic mass is 16.5. The Kier molecular flexibility index (Phi) is 4.72. The molecule has 0 aromatic heterocycles. The summed E-state index contributed by atoms with van der Waals surface area (Å²) in [5.74, 6) is -0.333. The second-order valence-electron chi connectivity index (χ2n) is 3.61. The number of hydrogen-bond acceptors (Lipinski definition) is 3.